The van der Waals surface area contributed by atoms with E-state index in [1.54, 1.807) is 0 Å². The molecule has 2 aromatic heterocycles. The molecule has 4 nitrogen and oxygen atoms in total. The summed E-state index contributed by atoms with van der Waals surface area (Å²) in [6, 6.07) is 11.4. The van der Waals surface area contributed by atoms with Crippen LogP contribution in [0.3, 0.4) is 0 Å². The normalized spacial score (nSPS) is 15.9. The van der Waals surface area contributed by atoms with Crippen molar-refractivity contribution in [2.75, 3.05) is 0 Å². The molecule has 0 bridgehead atoms. The van der Waals surface area contributed by atoms with Crippen molar-refractivity contribution in [3.63, 3.8) is 0 Å². The third kappa shape index (κ3) is 2.49. The van der Waals surface area contributed by atoms with Crippen LogP contribution in [-0.4, -0.2) is 10.9 Å². The number of hydrogen-bond acceptors (Lipinski definition) is 5. The average molecular weight is 394 g/mol. The van der Waals surface area contributed by atoms with Crippen molar-refractivity contribution < 1.29 is 14.3 Å². The van der Waals surface area contributed by atoms with E-state index in [4.69, 9.17) is 4.42 Å². The summed E-state index contributed by atoms with van der Waals surface area (Å²) in [5, 5.41) is 11.7. The van der Waals surface area contributed by atoms with E-state index in [9.17, 15) is 14.7 Å². The fourth-order valence-corrected chi connectivity index (χ4v) is 5.17. The molecule has 0 fully saturated rings. The van der Waals surface area contributed by atoms with Gasteiger partial charge >= 0.3 is 0 Å². The second kappa shape index (κ2) is 6.74. The van der Waals surface area contributed by atoms with Gasteiger partial charge in [0.25, 0.3) is 0 Å². The Kier molecular flexibility index (Phi) is 4.50. The van der Waals surface area contributed by atoms with Crippen molar-refractivity contribution in [1.82, 2.24) is 0 Å². The van der Waals surface area contributed by atoms with Gasteiger partial charge in [0, 0.05) is 16.3 Å². The van der Waals surface area contributed by atoms with Crippen LogP contribution in [0, 0.1) is 0 Å². The Hall–Kier alpha value is -2.66. The predicted octanol–water partition coefficient (Wildman–Crippen LogP) is 5.84. The fraction of sp³-hybridized carbons (Fsp3) is 0.304. The number of rotatable bonds is 4. The van der Waals surface area contributed by atoms with Crippen LogP contribution in [0.2, 0.25) is 0 Å². The van der Waals surface area contributed by atoms with E-state index in [1.165, 1.54) is 17.4 Å². The number of ketones is 1. The molecule has 1 N–H and O–H groups in total. The topological polar surface area (TPSA) is 67.5 Å². The molecular weight excluding hydrogens is 372 g/mol. The highest BCUT2D eigenvalue weighted by Crippen LogP contribution is 2.45. The van der Waals surface area contributed by atoms with Gasteiger partial charge in [0.15, 0.2) is 11.2 Å². The zero-order valence-corrected chi connectivity index (χ0v) is 17.0. The average Bonchev–Trinajstić information content (AvgIpc) is 3.13. The lowest BCUT2D eigenvalue weighted by molar-refractivity contribution is -0.122. The molecule has 0 unspecified atom stereocenters. The standard InChI is InChI=1S/C23H22O4S/c1-4-14-20(25)19-15(24)12-16(18-11-13-9-7-8-10-17(13)28-18)27-22(19)23(5-2,6-3)21(14)26/h7-12,25H,4-6H2,1-3H3. The Balaban J connectivity index is 2.03. The van der Waals surface area contributed by atoms with Crippen LogP contribution < -0.4 is 5.43 Å². The number of benzene rings is 1. The summed E-state index contributed by atoms with van der Waals surface area (Å²) in [6.07, 6.45) is 1.39. The Labute approximate surface area is 167 Å². The molecule has 0 radical (unpaired) electrons. The summed E-state index contributed by atoms with van der Waals surface area (Å²) in [7, 11) is 0. The van der Waals surface area contributed by atoms with Gasteiger partial charge in [0.2, 0.25) is 0 Å². The van der Waals surface area contributed by atoms with Crippen LogP contribution in [0.5, 0.6) is 0 Å². The van der Waals surface area contributed by atoms with Crippen molar-refractivity contribution in [3.05, 3.63) is 63.5 Å². The van der Waals surface area contributed by atoms with E-state index < -0.39 is 5.41 Å². The molecule has 0 saturated heterocycles. The summed E-state index contributed by atoms with van der Waals surface area (Å²) in [5.74, 6) is 0.382. The van der Waals surface area contributed by atoms with Gasteiger partial charge < -0.3 is 9.52 Å². The summed E-state index contributed by atoms with van der Waals surface area (Å²) < 4.78 is 7.32. The SMILES string of the molecule is CCC1=C(O)c2c(oc(-c3cc4ccccc4s3)cc2=O)C(CC)(CC)C1=O. The van der Waals surface area contributed by atoms with Gasteiger partial charge in [0.1, 0.15) is 22.8 Å². The van der Waals surface area contributed by atoms with Crippen LogP contribution >= 0.6 is 11.3 Å². The lowest BCUT2D eigenvalue weighted by atomic mass is 9.68. The summed E-state index contributed by atoms with van der Waals surface area (Å²) in [5.41, 5.74) is -0.766. The van der Waals surface area contributed by atoms with E-state index in [2.05, 4.69) is 0 Å². The molecule has 0 aliphatic heterocycles. The van der Waals surface area contributed by atoms with Crippen LogP contribution in [0.1, 0.15) is 51.4 Å². The Morgan fingerprint density at radius 3 is 2.43 bits per heavy atom. The first-order chi connectivity index (χ1) is 13.5. The maximum atomic E-state index is 13.2. The summed E-state index contributed by atoms with van der Waals surface area (Å²) in [4.78, 5) is 27.1. The van der Waals surface area contributed by atoms with Crippen LogP contribution in [0.15, 0.2) is 51.2 Å². The maximum Gasteiger partial charge on any atom is 0.196 e. The quantitative estimate of drug-likeness (QED) is 0.603. The van der Waals surface area contributed by atoms with E-state index in [0.29, 0.717) is 36.4 Å². The summed E-state index contributed by atoms with van der Waals surface area (Å²) in [6.45, 7) is 5.66. The van der Waals surface area contributed by atoms with Crippen LogP contribution in [-0.2, 0) is 10.2 Å². The first-order valence-electron chi connectivity index (χ1n) is 9.61. The first-order valence-corrected chi connectivity index (χ1v) is 10.4. The molecule has 0 saturated carbocycles. The molecule has 5 heteroatoms. The van der Waals surface area contributed by atoms with Gasteiger partial charge in [-0.05, 0) is 36.8 Å². The molecule has 4 rings (SSSR count). The molecule has 0 spiro atoms. The van der Waals surface area contributed by atoms with Crippen molar-refractivity contribution in [1.29, 1.82) is 0 Å². The minimum atomic E-state index is -0.918. The number of fused-ring (bicyclic) bond motifs is 2. The largest absolute Gasteiger partial charge is 0.507 e. The number of carbonyl (C=O) groups is 1. The van der Waals surface area contributed by atoms with Crippen molar-refractivity contribution in [2.24, 2.45) is 0 Å². The molecule has 0 amide bonds. The zero-order valence-electron chi connectivity index (χ0n) is 16.2. The molecule has 1 aliphatic carbocycles. The van der Waals surface area contributed by atoms with Gasteiger partial charge in [0.05, 0.1) is 10.3 Å². The number of Topliss-reactive ketones (excluding diaryl/α,β-unsaturated/α-hetero) is 1. The highest BCUT2D eigenvalue weighted by atomic mass is 32.1. The minimum Gasteiger partial charge on any atom is -0.507 e. The smallest absolute Gasteiger partial charge is 0.196 e. The number of allylic oxidation sites excluding steroid dienone is 1. The number of carbonyl (C=O) groups excluding carboxylic acids is 1. The second-order valence-electron chi connectivity index (χ2n) is 7.13. The Bertz CT molecular complexity index is 1140. The van der Waals surface area contributed by atoms with Gasteiger partial charge in [-0.1, -0.05) is 39.0 Å². The molecule has 0 atom stereocenters. The second-order valence-corrected chi connectivity index (χ2v) is 8.21. The van der Waals surface area contributed by atoms with Gasteiger partial charge in [-0.2, -0.15) is 0 Å². The van der Waals surface area contributed by atoms with Crippen molar-refractivity contribution >= 4 is 33.0 Å². The third-order valence-electron chi connectivity index (χ3n) is 5.84. The van der Waals surface area contributed by atoms with Crippen LogP contribution in [0.25, 0.3) is 26.5 Å². The molecule has 28 heavy (non-hydrogen) atoms. The molecule has 1 aliphatic rings. The predicted molar refractivity (Wildman–Crippen MR) is 113 cm³/mol. The summed E-state index contributed by atoms with van der Waals surface area (Å²) >= 11 is 1.54. The van der Waals surface area contributed by atoms with E-state index in [-0.39, 0.29) is 22.5 Å². The number of aliphatic hydroxyl groups is 1. The van der Waals surface area contributed by atoms with Gasteiger partial charge in [-0.15, -0.1) is 11.3 Å². The lowest BCUT2D eigenvalue weighted by Gasteiger charge is -2.35. The van der Waals surface area contributed by atoms with E-state index in [1.807, 2.05) is 51.1 Å². The number of thiophene rings is 1. The van der Waals surface area contributed by atoms with E-state index >= 15 is 0 Å². The highest BCUT2D eigenvalue weighted by Gasteiger charge is 2.48. The van der Waals surface area contributed by atoms with E-state index in [0.717, 1.165) is 15.0 Å². The Morgan fingerprint density at radius 2 is 1.79 bits per heavy atom. The highest BCUT2D eigenvalue weighted by molar-refractivity contribution is 7.22. The van der Waals surface area contributed by atoms with Crippen molar-refractivity contribution in [3.8, 4) is 10.6 Å². The monoisotopic (exact) mass is 394 g/mol. The number of aliphatic hydroxyl groups excluding tert-OH is 1. The van der Waals surface area contributed by atoms with Crippen molar-refractivity contribution in [2.45, 2.75) is 45.4 Å². The fourth-order valence-electron chi connectivity index (χ4n) is 4.15. The molecular formula is C23H22O4S. The third-order valence-corrected chi connectivity index (χ3v) is 6.97. The minimum absolute atomic E-state index is 0.137. The molecule has 144 valence electrons. The Morgan fingerprint density at radius 1 is 1.07 bits per heavy atom. The molecule has 2 heterocycles. The first kappa shape index (κ1) is 18.7. The van der Waals surface area contributed by atoms with Gasteiger partial charge in [-0.25, -0.2) is 0 Å². The molecule has 3 aromatic rings. The van der Waals surface area contributed by atoms with Crippen LogP contribution in [0.4, 0.5) is 0 Å². The van der Waals surface area contributed by atoms with Gasteiger partial charge in [-0.3, -0.25) is 9.59 Å². The maximum absolute atomic E-state index is 13.2. The number of hydrogen-bond donors (Lipinski definition) is 1. The zero-order chi connectivity index (χ0) is 20.1. The molecule has 1 aromatic carbocycles. The lowest BCUT2D eigenvalue weighted by Crippen LogP contribution is -2.41.